The SMILES string of the molecule is O=C(NC(=S)Nc1ccccc1F)c1cccc2c(Cl)cccc12. The van der Waals surface area contributed by atoms with Gasteiger partial charge in [-0.2, -0.15) is 0 Å². The number of amides is 1. The van der Waals surface area contributed by atoms with E-state index >= 15 is 0 Å². The summed E-state index contributed by atoms with van der Waals surface area (Å²) in [6.45, 7) is 0. The molecule has 2 N–H and O–H groups in total. The predicted molar refractivity (Wildman–Crippen MR) is 99.0 cm³/mol. The van der Waals surface area contributed by atoms with E-state index in [2.05, 4.69) is 10.6 Å². The van der Waals surface area contributed by atoms with Crippen LogP contribution in [0.15, 0.2) is 60.7 Å². The van der Waals surface area contributed by atoms with E-state index in [0.717, 1.165) is 10.8 Å². The number of fused-ring (bicyclic) bond motifs is 1. The zero-order chi connectivity index (χ0) is 17.1. The number of hydrogen-bond acceptors (Lipinski definition) is 2. The van der Waals surface area contributed by atoms with Crippen molar-refractivity contribution in [1.29, 1.82) is 0 Å². The molecule has 0 heterocycles. The summed E-state index contributed by atoms with van der Waals surface area (Å²) in [5.74, 6) is -0.845. The van der Waals surface area contributed by atoms with Gasteiger partial charge in [-0.3, -0.25) is 10.1 Å². The quantitative estimate of drug-likeness (QED) is 0.649. The van der Waals surface area contributed by atoms with Crippen molar-refractivity contribution in [2.24, 2.45) is 0 Å². The fraction of sp³-hybridized carbons (Fsp3) is 0. The van der Waals surface area contributed by atoms with Gasteiger partial charge in [0.25, 0.3) is 5.91 Å². The van der Waals surface area contributed by atoms with Crippen LogP contribution in [0.25, 0.3) is 10.8 Å². The zero-order valence-corrected chi connectivity index (χ0v) is 13.9. The monoisotopic (exact) mass is 358 g/mol. The van der Waals surface area contributed by atoms with Crippen LogP contribution >= 0.6 is 23.8 Å². The van der Waals surface area contributed by atoms with Crippen molar-refractivity contribution in [2.45, 2.75) is 0 Å². The molecule has 0 radical (unpaired) electrons. The highest BCUT2D eigenvalue weighted by Crippen LogP contribution is 2.25. The number of para-hydroxylation sites is 1. The first-order valence-electron chi connectivity index (χ1n) is 7.10. The van der Waals surface area contributed by atoms with E-state index < -0.39 is 11.7 Å². The van der Waals surface area contributed by atoms with Gasteiger partial charge in [-0.15, -0.1) is 0 Å². The minimum absolute atomic E-state index is 0.0177. The van der Waals surface area contributed by atoms with Crippen molar-refractivity contribution >= 4 is 51.3 Å². The molecule has 0 aliphatic carbocycles. The summed E-state index contributed by atoms with van der Waals surface area (Å²) in [6, 6.07) is 16.7. The molecule has 0 aliphatic rings. The second-order valence-corrected chi connectivity index (χ2v) is 5.84. The van der Waals surface area contributed by atoms with Gasteiger partial charge in [0, 0.05) is 16.0 Å². The molecule has 0 aromatic heterocycles. The minimum Gasteiger partial charge on any atom is -0.330 e. The maximum atomic E-state index is 13.6. The highest BCUT2D eigenvalue weighted by atomic mass is 35.5. The number of benzene rings is 3. The molecular formula is C18H12ClFN2OS. The van der Waals surface area contributed by atoms with Gasteiger partial charge >= 0.3 is 0 Å². The molecule has 0 atom stereocenters. The van der Waals surface area contributed by atoms with Crippen LogP contribution < -0.4 is 10.6 Å². The van der Waals surface area contributed by atoms with E-state index in [0.29, 0.717) is 10.6 Å². The molecule has 0 fully saturated rings. The molecular weight excluding hydrogens is 347 g/mol. The summed E-state index contributed by atoms with van der Waals surface area (Å²) in [4.78, 5) is 12.5. The standard InChI is InChI=1S/C18H12ClFN2OS/c19-14-8-4-5-11-12(14)6-3-7-13(11)17(23)22-18(24)21-16-10-2-1-9-15(16)20/h1-10H,(H2,21,22,23,24). The lowest BCUT2D eigenvalue weighted by Crippen LogP contribution is -2.34. The Balaban J connectivity index is 1.82. The van der Waals surface area contributed by atoms with Crippen molar-refractivity contribution in [3.8, 4) is 0 Å². The second-order valence-electron chi connectivity index (χ2n) is 5.03. The fourth-order valence-electron chi connectivity index (χ4n) is 2.36. The third-order valence-corrected chi connectivity index (χ3v) is 4.00. The van der Waals surface area contributed by atoms with E-state index in [1.54, 1.807) is 36.4 Å². The Morgan fingerprint density at radius 1 is 0.958 bits per heavy atom. The maximum absolute atomic E-state index is 13.6. The van der Waals surface area contributed by atoms with Gasteiger partial charge in [-0.1, -0.05) is 48.0 Å². The number of rotatable bonds is 2. The van der Waals surface area contributed by atoms with Crippen LogP contribution in [0, 0.1) is 5.82 Å². The Morgan fingerprint density at radius 3 is 2.46 bits per heavy atom. The first kappa shape index (κ1) is 16.4. The topological polar surface area (TPSA) is 41.1 Å². The summed E-state index contributed by atoms with van der Waals surface area (Å²) in [6.07, 6.45) is 0. The van der Waals surface area contributed by atoms with Gasteiger partial charge in [0.05, 0.1) is 5.69 Å². The zero-order valence-electron chi connectivity index (χ0n) is 12.3. The molecule has 3 rings (SSSR count). The Morgan fingerprint density at radius 2 is 1.67 bits per heavy atom. The third kappa shape index (κ3) is 3.37. The number of hydrogen-bond donors (Lipinski definition) is 2. The van der Waals surface area contributed by atoms with Crippen LogP contribution in [0.4, 0.5) is 10.1 Å². The molecule has 3 aromatic carbocycles. The average Bonchev–Trinajstić information content (AvgIpc) is 2.57. The van der Waals surface area contributed by atoms with Gasteiger partial charge in [0.15, 0.2) is 5.11 Å². The molecule has 3 nitrogen and oxygen atoms in total. The summed E-state index contributed by atoms with van der Waals surface area (Å²) < 4.78 is 13.6. The van der Waals surface area contributed by atoms with E-state index in [4.69, 9.17) is 23.8 Å². The molecule has 3 aromatic rings. The minimum atomic E-state index is -0.453. The molecule has 0 unspecified atom stereocenters. The van der Waals surface area contributed by atoms with E-state index in [9.17, 15) is 9.18 Å². The lowest BCUT2D eigenvalue weighted by atomic mass is 10.0. The Kier molecular flexibility index (Phi) is 4.74. The van der Waals surface area contributed by atoms with Crippen LogP contribution in [0.5, 0.6) is 0 Å². The van der Waals surface area contributed by atoms with Crippen LogP contribution in [0.3, 0.4) is 0 Å². The lowest BCUT2D eigenvalue weighted by Gasteiger charge is -2.11. The third-order valence-electron chi connectivity index (χ3n) is 3.46. The lowest BCUT2D eigenvalue weighted by molar-refractivity contribution is 0.0979. The summed E-state index contributed by atoms with van der Waals surface area (Å²) >= 11 is 11.2. The van der Waals surface area contributed by atoms with E-state index in [-0.39, 0.29) is 10.8 Å². The van der Waals surface area contributed by atoms with Gasteiger partial charge in [-0.25, -0.2) is 4.39 Å². The van der Waals surface area contributed by atoms with Crippen LogP contribution in [-0.4, -0.2) is 11.0 Å². The molecule has 0 saturated carbocycles. The number of nitrogens with one attached hydrogen (secondary N) is 2. The number of halogens is 2. The Hall–Kier alpha value is -2.50. The smallest absolute Gasteiger partial charge is 0.258 e. The van der Waals surface area contributed by atoms with Crippen molar-refractivity contribution in [3.05, 3.63) is 77.1 Å². The Labute approximate surface area is 148 Å². The van der Waals surface area contributed by atoms with E-state index in [1.807, 2.05) is 12.1 Å². The maximum Gasteiger partial charge on any atom is 0.258 e. The number of anilines is 1. The fourth-order valence-corrected chi connectivity index (χ4v) is 2.80. The molecule has 0 bridgehead atoms. The summed E-state index contributed by atoms with van der Waals surface area (Å²) in [7, 11) is 0. The number of thiocarbonyl (C=S) groups is 1. The van der Waals surface area contributed by atoms with Gasteiger partial charge in [0.2, 0.25) is 0 Å². The van der Waals surface area contributed by atoms with Gasteiger partial charge in [0.1, 0.15) is 5.82 Å². The van der Waals surface area contributed by atoms with Crippen LogP contribution in [0.2, 0.25) is 5.02 Å². The largest absolute Gasteiger partial charge is 0.330 e. The molecule has 120 valence electrons. The van der Waals surface area contributed by atoms with Gasteiger partial charge in [-0.05, 0) is 41.9 Å². The molecule has 6 heteroatoms. The predicted octanol–water partition coefficient (Wildman–Crippen LogP) is 4.76. The summed E-state index contributed by atoms with van der Waals surface area (Å²) in [5.41, 5.74) is 0.636. The van der Waals surface area contributed by atoms with Crippen molar-refractivity contribution in [1.82, 2.24) is 5.32 Å². The van der Waals surface area contributed by atoms with Gasteiger partial charge < -0.3 is 5.32 Å². The second kappa shape index (κ2) is 6.95. The van der Waals surface area contributed by atoms with Crippen molar-refractivity contribution in [2.75, 3.05) is 5.32 Å². The van der Waals surface area contributed by atoms with Crippen molar-refractivity contribution < 1.29 is 9.18 Å². The Bertz CT molecular complexity index is 945. The normalized spacial score (nSPS) is 10.4. The average molecular weight is 359 g/mol. The first-order valence-corrected chi connectivity index (χ1v) is 7.89. The first-order chi connectivity index (χ1) is 11.6. The molecule has 24 heavy (non-hydrogen) atoms. The van der Waals surface area contributed by atoms with E-state index in [1.165, 1.54) is 12.1 Å². The summed E-state index contributed by atoms with van der Waals surface area (Å²) in [5, 5.41) is 7.30. The number of carbonyl (C=O) groups is 1. The molecule has 0 aliphatic heterocycles. The highest BCUT2D eigenvalue weighted by Gasteiger charge is 2.13. The highest BCUT2D eigenvalue weighted by molar-refractivity contribution is 7.80. The molecule has 0 spiro atoms. The number of carbonyl (C=O) groups excluding carboxylic acids is 1. The molecule has 0 saturated heterocycles. The van der Waals surface area contributed by atoms with Crippen LogP contribution in [-0.2, 0) is 0 Å². The van der Waals surface area contributed by atoms with Crippen molar-refractivity contribution in [3.63, 3.8) is 0 Å². The molecule has 1 amide bonds. The van der Waals surface area contributed by atoms with Crippen LogP contribution in [0.1, 0.15) is 10.4 Å².